The molecule has 0 unspecified atom stereocenters. The van der Waals surface area contributed by atoms with Crippen LogP contribution in [0.4, 0.5) is 5.82 Å². The van der Waals surface area contributed by atoms with Gasteiger partial charge in [0.25, 0.3) is 0 Å². The molecule has 0 amide bonds. The lowest BCUT2D eigenvalue weighted by Crippen LogP contribution is -2.13. The number of aromatic nitrogens is 1. The first kappa shape index (κ1) is 12.2. The normalized spacial score (nSPS) is 12.7. The summed E-state index contributed by atoms with van der Waals surface area (Å²) < 4.78 is 10.5. The van der Waals surface area contributed by atoms with Crippen LogP contribution in [0.25, 0.3) is 11.6 Å². The number of fused-ring (bicyclic) bond motifs is 1. The molecule has 1 aliphatic carbocycles. The van der Waals surface area contributed by atoms with Crippen molar-refractivity contribution >= 4 is 23.4 Å². The highest BCUT2D eigenvalue weighted by Crippen LogP contribution is 2.43. The summed E-state index contributed by atoms with van der Waals surface area (Å²) in [6, 6.07) is 0. The number of hydrogen-bond acceptors (Lipinski definition) is 6. The summed E-state index contributed by atoms with van der Waals surface area (Å²) in [5.74, 6) is 8.45. The largest absolute Gasteiger partial charge is 0.492 e. The van der Waals surface area contributed by atoms with Crippen LogP contribution < -0.4 is 20.7 Å². The van der Waals surface area contributed by atoms with Crippen LogP contribution in [0, 0.1) is 0 Å². The molecule has 1 aromatic heterocycles. The van der Waals surface area contributed by atoms with E-state index < -0.39 is 0 Å². The van der Waals surface area contributed by atoms with Crippen molar-refractivity contribution in [2.75, 3.05) is 19.6 Å². The maximum absolute atomic E-state index is 11.0. The second kappa shape index (κ2) is 4.91. The SMILES string of the molecule is COc1c(NN)nc2c(c1OC)C(=C=O)CC=C2. The molecule has 6 nitrogen and oxygen atoms in total. The van der Waals surface area contributed by atoms with Crippen LogP contribution >= 0.6 is 0 Å². The summed E-state index contributed by atoms with van der Waals surface area (Å²) in [5.41, 5.74) is 4.14. The monoisotopic (exact) mass is 247 g/mol. The van der Waals surface area contributed by atoms with Gasteiger partial charge in [-0.15, -0.1) is 0 Å². The molecule has 18 heavy (non-hydrogen) atoms. The second-order valence-corrected chi connectivity index (χ2v) is 3.62. The summed E-state index contributed by atoms with van der Waals surface area (Å²) in [6.45, 7) is 0. The van der Waals surface area contributed by atoms with Gasteiger partial charge in [0, 0.05) is 6.42 Å². The van der Waals surface area contributed by atoms with Gasteiger partial charge in [-0.1, -0.05) is 6.08 Å². The summed E-state index contributed by atoms with van der Waals surface area (Å²) in [6.07, 6.45) is 4.13. The Labute approximate surface area is 104 Å². The first-order valence-electron chi connectivity index (χ1n) is 5.30. The van der Waals surface area contributed by atoms with Gasteiger partial charge in [-0.05, 0) is 6.08 Å². The molecule has 2 rings (SSSR count). The minimum atomic E-state index is 0.352. The van der Waals surface area contributed by atoms with Crippen molar-refractivity contribution in [3.63, 3.8) is 0 Å². The lowest BCUT2D eigenvalue weighted by molar-refractivity contribution is 0.353. The minimum Gasteiger partial charge on any atom is -0.492 e. The zero-order valence-corrected chi connectivity index (χ0v) is 10.1. The average molecular weight is 247 g/mol. The number of allylic oxidation sites excluding steroid dienone is 2. The van der Waals surface area contributed by atoms with Crippen LogP contribution in [0.3, 0.4) is 0 Å². The Kier molecular flexibility index (Phi) is 3.32. The molecule has 0 radical (unpaired) electrons. The van der Waals surface area contributed by atoms with E-state index in [1.54, 1.807) is 6.08 Å². The van der Waals surface area contributed by atoms with Crippen LogP contribution in [0.2, 0.25) is 0 Å². The third-order valence-electron chi connectivity index (χ3n) is 2.70. The Bertz CT molecular complexity index is 560. The summed E-state index contributed by atoms with van der Waals surface area (Å²) in [5, 5.41) is 0. The van der Waals surface area contributed by atoms with Crippen molar-refractivity contribution in [1.82, 2.24) is 4.98 Å². The van der Waals surface area contributed by atoms with E-state index in [1.165, 1.54) is 14.2 Å². The third-order valence-corrected chi connectivity index (χ3v) is 2.70. The number of nitrogen functional groups attached to an aromatic ring is 1. The lowest BCUT2D eigenvalue weighted by atomic mass is 9.96. The first-order chi connectivity index (χ1) is 8.76. The number of nitrogens with one attached hydrogen (secondary N) is 1. The highest BCUT2D eigenvalue weighted by Gasteiger charge is 2.24. The molecule has 0 bridgehead atoms. The zero-order valence-electron chi connectivity index (χ0n) is 10.1. The van der Waals surface area contributed by atoms with Gasteiger partial charge < -0.3 is 14.9 Å². The number of methoxy groups -OCH3 is 2. The Hall–Kier alpha value is -2.30. The number of nitrogens with two attached hydrogens (primary N) is 1. The third kappa shape index (κ3) is 1.73. The number of hydrogen-bond donors (Lipinski definition) is 2. The van der Waals surface area contributed by atoms with Gasteiger partial charge in [-0.25, -0.2) is 15.6 Å². The quantitative estimate of drug-likeness (QED) is 0.471. The molecule has 0 fully saturated rings. The van der Waals surface area contributed by atoms with Gasteiger partial charge >= 0.3 is 0 Å². The minimum absolute atomic E-state index is 0.352. The Balaban J connectivity index is 2.81. The van der Waals surface area contributed by atoms with E-state index in [0.717, 1.165) is 0 Å². The molecule has 0 aliphatic heterocycles. The molecule has 0 saturated heterocycles. The van der Waals surface area contributed by atoms with E-state index in [1.807, 2.05) is 12.0 Å². The van der Waals surface area contributed by atoms with E-state index in [9.17, 15) is 4.79 Å². The fraction of sp³-hybridized carbons (Fsp3) is 0.250. The van der Waals surface area contributed by atoms with Gasteiger partial charge in [0.1, 0.15) is 5.94 Å². The molecule has 1 heterocycles. The molecule has 0 saturated carbocycles. The molecular formula is C12H13N3O3. The fourth-order valence-corrected chi connectivity index (χ4v) is 1.94. The van der Waals surface area contributed by atoms with Crippen LogP contribution in [0.5, 0.6) is 11.5 Å². The maximum atomic E-state index is 11.0. The van der Waals surface area contributed by atoms with E-state index >= 15 is 0 Å². The van der Waals surface area contributed by atoms with Gasteiger partial charge in [-0.3, -0.25) is 0 Å². The molecule has 0 spiro atoms. The maximum Gasteiger partial charge on any atom is 0.205 e. The lowest BCUT2D eigenvalue weighted by Gasteiger charge is -2.19. The highest BCUT2D eigenvalue weighted by atomic mass is 16.5. The molecule has 0 atom stereocenters. The van der Waals surface area contributed by atoms with Crippen molar-refractivity contribution in [3.05, 3.63) is 17.3 Å². The van der Waals surface area contributed by atoms with Gasteiger partial charge in [-0.2, -0.15) is 0 Å². The molecule has 1 aliphatic rings. The van der Waals surface area contributed by atoms with Gasteiger partial charge in [0.15, 0.2) is 11.6 Å². The second-order valence-electron chi connectivity index (χ2n) is 3.62. The summed E-state index contributed by atoms with van der Waals surface area (Å²) >= 11 is 0. The first-order valence-corrected chi connectivity index (χ1v) is 5.30. The van der Waals surface area contributed by atoms with Crippen LogP contribution in [-0.2, 0) is 4.79 Å². The number of nitrogens with zero attached hydrogens (tertiary/aromatic N) is 1. The van der Waals surface area contributed by atoms with E-state index in [-0.39, 0.29) is 0 Å². The summed E-state index contributed by atoms with van der Waals surface area (Å²) in [4.78, 5) is 15.3. The summed E-state index contributed by atoms with van der Waals surface area (Å²) in [7, 11) is 2.98. The standard InChI is InChI=1S/C12H13N3O3/c1-17-10-9-7(6-16)4-3-5-8(9)14-12(15-13)11(10)18-2/h3,5H,4,13H2,1-2H3,(H,14,15). The smallest absolute Gasteiger partial charge is 0.205 e. The number of rotatable bonds is 3. The van der Waals surface area contributed by atoms with Crippen LogP contribution in [0.1, 0.15) is 17.7 Å². The molecule has 3 N–H and O–H groups in total. The Morgan fingerprint density at radius 1 is 1.39 bits per heavy atom. The molecular weight excluding hydrogens is 234 g/mol. The number of ether oxygens (including phenoxy) is 2. The van der Waals surface area contributed by atoms with Gasteiger partial charge in [0.2, 0.25) is 5.75 Å². The Morgan fingerprint density at radius 2 is 2.11 bits per heavy atom. The van der Waals surface area contributed by atoms with Crippen molar-refractivity contribution in [2.45, 2.75) is 6.42 Å². The topological polar surface area (TPSA) is 86.5 Å². The van der Waals surface area contributed by atoms with Crippen LogP contribution in [-0.4, -0.2) is 25.1 Å². The highest BCUT2D eigenvalue weighted by molar-refractivity contribution is 5.96. The van der Waals surface area contributed by atoms with E-state index in [4.69, 9.17) is 15.3 Å². The molecule has 94 valence electrons. The van der Waals surface area contributed by atoms with Crippen molar-refractivity contribution in [3.8, 4) is 11.5 Å². The van der Waals surface area contributed by atoms with Gasteiger partial charge in [0.05, 0.1) is 31.1 Å². The van der Waals surface area contributed by atoms with E-state index in [2.05, 4.69) is 10.4 Å². The number of pyridine rings is 1. The predicted octanol–water partition coefficient (Wildman–Crippen LogP) is 1.02. The van der Waals surface area contributed by atoms with E-state index in [0.29, 0.717) is 40.6 Å². The number of anilines is 1. The van der Waals surface area contributed by atoms with Crippen LogP contribution in [0.15, 0.2) is 6.08 Å². The van der Waals surface area contributed by atoms with Crippen molar-refractivity contribution in [1.29, 1.82) is 0 Å². The number of hydrazine groups is 1. The average Bonchev–Trinajstić information content (AvgIpc) is 2.43. The Morgan fingerprint density at radius 3 is 2.67 bits per heavy atom. The molecule has 0 aromatic carbocycles. The van der Waals surface area contributed by atoms with Crippen molar-refractivity contribution in [2.24, 2.45) is 5.84 Å². The predicted molar refractivity (Wildman–Crippen MR) is 67.9 cm³/mol. The number of carbonyl (C=O) groups excluding carboxylic acids is 1. The van der Waals surface area contributed by atoms with Crippen molar-refractivity contribution < 1.29 is 14.3 Å². The zero-order chi connectivity index (χ0) is 13.1. The molecule has 1 aromatic rings. The fourth-order valence-electron chi connectivity index (χ4n) is 1.94. The molecule has 6 heteroatoms.